The summed E-state index contributed by atoms with van der Waals surface area (Å²) in [5.41, 5.74) is 1.57. The van der Waals surface area contributed by atoms with Crippen LogP contribution in [0.4, 0.5) is 0 Å². The average molecular weight is 464 g/mol. The van der Waals surface area contributed by atoms with E-state index in [1.165, 1.54) is 0 Å². The topological polar surface area (TPSA) is 110 Å². The molecule has 2 fully saturated rings. The number of carbonyl (C=O) groups is 4. The van der Waals surface area contributed by atoms with Crippen molar-refractivity contribution < 1.29 is 29.0 Å². The number of Topliss-reactive ketones (excluding diaryl/α,β-unsaturated/α-hetero) is 2. The van der Waals surface area contributed by atoms with Crippen LogP contribution in [0, 0.1) is 29.1 Å². The van der Waals surface area contributed by atoms with Gasteiger partial charge in [-0.1, -0.05) is 24.6 Å². The fourth-order valence-electron chi connectivity index (χ4n) is 6.85. The van der Waals surface area contributed by atoms with Crippen molar-refractivity contribution in [2.24, 2.45) is 29.1 Å². The number of aromatic hydroxyl groups is 1. The maximum atomic E-state index is 13.9. The first-order valence-corrected chi connectivity index (χ1v) is 11.9. The SMILES string of the molecule is CCOc1cc([C@H]2C3=CC[C@@H]4C(=O)NC(=O)[C@@H]4[C@@H]3C[C@H]3C(=O)C(C)=C(C)C(=O)[C@@]23C)ccc1O. The summed E-state index contributed by atoms with van der Waals surface area (Å²) in [5.74, 6) is -2.81. The van der Waals surface area contributed by atoms with Crippen LogP contribution >= 0.6 is 0 Å². The predicted molar refractivity (Wildman–Crippen MR) is 123 cm³/mol. The van der Waals surface area contributed by atoms with Crippen LogP contribution in [0.2, 0.25) is 0 Å². The molecule has 34 heavy (non-hydrogen) atoms. The van der Waals surface area contributed by atoms with E-state index in [0.717, 1.165) is 11.1 Å². The van der Waals surface area contributed by atoms with E-state index in [1.54, 1.807) is 32.0 Å². The van der Waals surface area contributed by atoms with E-state index in [9.17, 15) is 24.3 Å². The first-order valence-electron chi connectivity index (χ1n) is 11.9. The number of rotatable bonds is 3. The Hall–Kier alpha value is -3.22. The lowest BCUT2D eigenvalue weighted by Crippen LogP contribution is -2.55. The Kier molecular flexibility index (Phi) is 5.08. The zero-order chi connectivity index (χ0) is 24.5. The molecule has 0 spiro atoms. The number of hydrogen-bond donors (Lipinski definition) is 2. The van der Waals surface area contributed by atoms with Gasteiger partial charge in [0.1, 0.15) is 0 Å². The third-order valence-electron chi connectivity index (χ3n) is 8.63. The summed E-state index contributed by atoms with van der Waals surface area (Å²) in [6.07, 6.45) is 2.77. The highest BCUT2D eigenvalue weighted by atomic mass is 16.5. The number of amides is 2. The monoisotopic (exact) mass is 463 g/mol. The zero-order valence-electron chi connectivity index (χ0n) is 19.8. The van der Waals surface area contributed by atoms with E-state index in [2.05, 4.69) is 5.32 Å². The van der Waals surface area contributed by atoms with E-state index in [4.69, 9.17) is 4.74 Å². The van der Waals surface area contributed by atoms with Gasteiger partial charge in [0.05, 0.1) is 23.9 Å². The molecule has 0 radical (unpaired) electrons. The number of imide groups is 1. The third kappa shape index (κ3) is 2.88. The van der Waals surface area contributed by atoms with Crippen molar-refractivity contribution in [2.75, 3.05) is 6.61 Å². The number of benzene rings is 1. The fraction of sp³-hybridized carbons (Fsp3) is 0.481. The van der Waals surface area contributed by atoms with Gasteiger partial charge in [-0.2, -0.15) is 0 Å². The van der Waals surface area contributed by atoms with Gasteiger partial charge in [0.2, 0.25) is 11.8 Å². The molecule has 1 saturated carbocycles. The summed E-state index contributed by atoms with van der Waals surface area (Å²) in [6.45, 7) is 7.43. The minimum Gasteiger partial charge on any atom is -0.504 e. The van der Waals surface area contributed by atoms with Gasteiger partial charge in [-0.15, -0.1) is 0 Å². The number of ketones is 2. The quantitative estimate of drug-likeness (QED) is 0.526. The van der Waals surface area contributed by atoms with E-state index >= 15 is 0 Å². The lowest BCUT2D eigenvalue weighted by molar-refractivity contribution is -0.142. The number of ether oxygens (including phenoxy) is 1. The van der Waals surface area contributed by atoms with Gasteiger partial charge in [0.15, 0.2) is 23.1 Å². The lowest BCUT2D eigenvalue weighted by Gasteiger charge is -2.54. The van der Waals surface area contributed by atoms with Crippen molar-refractivity contribution in [3.63, 3.8) is 0 Å². The molecule has 7 heteroatoms. The molecule has 1 aliphatic heterocycles. The Bertz CT molecular complexity index is 1210. The molecule has 5 rings (SSSR count). The second kappa shape index (κ2) is 7.65. The Balaban J connectivity index is 1.74. The minimum absolute atomic E-state index is 0.00362. The Morgan fingerprint density at radius 2 is 1.82 bits per heavy atom. The first kappa shape index (κ1) is 22.6. The molecular formula is C27H29NO6. The summed E-state index contributed by atoms with van der Waals surface area (Å²) in [5, 5.41) is 12.8. The molecule has 1 saturated heterocycles. The summed E-state index contributed by atoms with van der Waals surface area (Å²) in [4.78, 5) is 52.7. The molecule has 0 aromatic heterocycles. The van der Waals surface area contributed by atoms with Gasteiger partial charge in [0, 0.05) is 11.8 Å². The second-order valence-electron chi connectivity index (χ2n) is 10.1. The van der Waals surface area contributed by atoms with Crippen molar-refractivity contribution in [1.29, 1.82) is 0 Å². The highest BCUT2D eigenvalue weighted by molar-refractivity contribution is 6.16. The van der Waals surface area contributed by atoms with Gasteiger partial charge in [0.25, 0.3) is 0 Å². The molecule has 1 aromatic rings. The smallest absolute Gasteiger partial charge is 0.231 e. The predicted octanol–water partition coefficient (Wildman–Crippen LogP) is 3.22. The van der Waals surface area contributed by atoms with Gasteiger partial charge in [-0.3, -0.25) is 24.5 Å². The Labute approximate surface area is 198 Å². The van der Waals surface area contributed by atoms with Crippen LogP contribution in [0.5, 0.6) is 11.5 Å². The fourth-order valence-corrected chi connectivity index (χ4v) is 6.85. The molecule has 2 amide bonds. The molecule has 1 heterocycles. The van der Waals surface area contributed by atoms with Crippen molar-refractivity contribution in [3.05, 3.63) is 46.6 Å². The van der Waals surface area contributed by atoms with Gasteiger partial charge in [-0.05, 0) is 68.4 Å². The molecule has 0 bridgehead atoms. The van der Waals surface area contributed by atoms with E-state index in [-0.39, 0.29) is 35.0 Å². The highest BCUT2D eigenvalue weighted by Crippen LogP contribution is 2.62. The largest absolute Gasteiger partial charge is 0.504 e. The zero-order valence-corrected chi connectivity index (χ0v) is 19.8. The Morgan fingerprint density at radius 1 is 1.09 bits per heavy atom. The first-order chi connectivity index (χ1) is 16.1. The van der Waals surface area contributed by atoms with Gasteiger partial charge in [-0.25, -0.2) is 0 Å². The maximum absolute atomic E-state index is 13.9. The normalized spacial score (nSPS) is 34.8. The molecule has 0 unspecified atom stereocenters. The van der Waals surface area contributed by atoms with Crippen LogP contribution in [-0.4, -0.2) is 35.1 Å². The molecule has 7 nitrogen and oxygen atoms in total. The molecule has 1 aromatic carbocycles. The second-order valence-corrected chi connectivity index (χ2v) is 10.1. The minimum atomic E-state index is -1.05. The third-order valence-corrected chi connectivity index (χ3v) is 8.63. The number of hydrogen-bond acceptors (Lipinski definition) is 6. The molecule has 2 N–H and O–H groups in total. The van der Waals surface area contributed by atoms with Crippen molar-refractivity contribution in [2.45, 2.75) is 46.5 Å². The number of carbonyl (C=O) groups excluding carboxylic acids is 4. The highest BCUT2D eigenvalue weighted by Gasteiger charge is 2.63. The summed E-state index contributed by atoms with van der Waals surface area (Å²) in [6, 6.07) is 5.04. The van der Waals surface area contributed by atoms with Gasteiger partial charge < -0.3 is 9.84 Å². The van der Waals surface area contributed by atoms with E-state index in [1.807, 2.05) is 19.9 Å². The van der Waals surface area contributed by atoms with Crippen LogP contribution in [0.25, 0.3) is 0 Å². The summed E-state index contributed by atoms with van der Waals surface area (Å²) < 4.78 is 5.62. The van der Waals surface area contributed by atoms with Crippen LogP contribution < -0.4 is 10.1 Å². The lowest BCUT2D eigenvalue weighted by atomic mass is 9.46. The Morgan fingerprint density at radius 3 is 2.53 bits per heavy atom. The van der Waals surface area contributed by atoms with Crippen molar-refractivity contribution in [1.82, 2.24) is 5.32 Å². The maximum Gasteiger partial charge on any atom is 0.231 e. The van der Waals surface area contributed by atoms with E-state index in [0.29, 0.717) is 36.3 Å². The summed E-state index contributed by atoms with van der Waals surface area (Å²) in [7, 11) is 0. The number of nitrogens with one attached hydrogen (secondary N) is 1. The van der Waals surface area contributed by atoms with Gasteiger partial charge >= 0.3 is 0 Å². The van der Waals surface area contributed by atoms with Crippen molar-refractivity contribution >= 4 is 23.4 Å². The molecule has 4 aliphatic rings. The van der Waals surface area contributed by atoms with E-state index < -0.39 is 29.1 Å². The standard InChI is InChI=1S/C27H29NO6/c1-5-34-20-10-14(6-9-19(20)29)22-15-7-8-16-21(26(33)28-25(16)32)17(15)11-18-23(30)12(2)13(3)24(31)27(18,22)4/h6-7,9-10,16-18,21-22,29H,5,8,11H2,1-4H3,(H,28,32,33)/t16-,17+,18-,21-,22-,27+/m0/s1. The number of phenols is 1. The number of allylic oxidation sites excluding steroid dienone is 4. The summed E-state index contributed by atoms with van der Waals surface area (Å²) >= 11 is 0. The average Bonchev–Trinajstić information content (AvgIpc) is 3.11. The van der Waals surface area contributed by atoms with Crippen LogP contribution in [0.15, 0.2) is 41.0 Å². The van der Waals surface area contributed by atoms with Crippen LogP contribution in [-0.2, 0) is 19.2 Å². The van der Waals surface area contributed by atoms with Crippen LogP contribution in [0.3, 0.4) is 0 Å². The number of fused-ring (bicyclic) bond motifs is 4. The molecular weight excluding hydrogens is 434 g/mol. The van der Waals surface area contributed by atoms with Crippen LogP contribution in [0.1, 0.15) is 52.0 Å². The molecule has 6 atom stereocenters. The van der Waals surface area contributed by atoms with Crippen molar-refractivity contribution in [3.8, 4) is 11.5 Å². The molecule has 178 valence electrons. The molecule has 3 aliphatic carbocycles. The number of phenolic OH excluding ortho intramolecular Hbond substituents is 1.